The number of hydrogen-bond acceptors (Lipinski definition) is 3. The molecule has 0 aliphatic heterocycles. The lowest BCUT2D eigenvalue weighted by molar-refractivity contribution is -0.142. The van der Waals surface area contributed by atoms with Crippen molar-refractivity contribution in [2.24, 2.45) is 0 Å². The van der Waals surface area contributed by atoms with Gasteiger partial charge in [0.2, 0.25) is 0 Å². The van der Waals surface area contributed by atoms with Crippen molar-refractivity contribution in [1.29, 1.82) is 0 Å². The van der Waals surface area contributed by atoms with Gasteiger partial charge in [0.05, 0.1) is 20.1 Å². The van der Waals surface area contributed by atoms with Gasteiger partial charge in [0, 0.05) is 15.9 Å². The zero-order valence-electron chi connectivity index (χ0n) is 9.76. The molecule has 0 amide bonds. The molecule has 0 unspecified atom stereocenters. The number of methoxy groups -OCH3 is 1. The number of ether oxygens (including phenoxy) is 2. The van der Waals surface area contributed by atoms with Gasteiger partial charge in [-0.2, -0.15) is 0 Å². The lowest BCUT2D eigenvalue weighted by Crippen LogP contribution is -2.09. The Labute approximate surface area is 114 Å². The summed E-state index contributed by atoms with van der Waals surface area (Å²) >= 11 is 9.48. The van der Waals surface area contributed by atoms with Crippen LogP contribution in [0.2, 0.25) is 5.02 Å². The first kappa shape index (κ1) is 14.3. The fraction of sp³-hybridized carbons (Fsp3) is 0.417. The second kappa shape index (κ2) is 6.87. The van der Waals surface area contributed by atoms with E-state index in [1.165, 1.54) is 0 Å². The Morgan fingerprint density at radius 3 is 2.71 bits per heavy atom. The summed E-state index contributed by atoms with van der Waals surface area (Å²) in [6.07, 6.45) is 0.123. The Balaban J connectivity index is 3.01. The van der Waals surface area contributed by atoms with E-state index in [2.05, 4.69) is 15.9 Å². The zero-order valence-corrected chi connectivity index (χ0v) is 12.1. The van der Waals surface area contributed by atoms with Crippen LogP contribution in [0.1, 0.15) is 18.1 Å². The third kappa shape index (κ3) is 3.89. The van der Waals surface area contributed by atoms with Crippen LogP contribution in [0.15, 0.2) is 12.1 Å². The summed E-state index contributed by atoms with van der Waals surface area (Å²) in [5.41, 5.74) is 1.66. The highest BCUT2D eigenvalue weighted by atomic mass is 79.9. The van der Waals surface area contributed by atoms with Crippen LogP contribution in [-0.2, 0) is 21.3 Å². The molecule has 0 N–H and O–H groups in total. The predicted octanol–water partition coefficient (Wildman–Crippen LogP) is 3.35. The smallest absolute Gasteiger partial charge is 0.310 e. The molecule has 1 aromatic rings. The van der Waals surface area contributed by atoms with Gasteiger partial charge in [0.1, 0.15) is 5.75 Å². The maximum absolute atomic E-state index is 11.4. The van der Waals surface area contributed by atoms with Gasteiger partial charge >= 0.3 is 5.97 Å². The number of carbonyl (C=O) groups is 1. The van der Waals surface area contributed by atoms with E-state index in [0.29, 0.717) is 28.3 Å². The molecule has 0 aliphatic rings. The van der Waals surface area contributed by atoms with Gasteiger partial charge < -0.3 is 9.47 Å². The summed E-state index contributed by atoms with van der Waals surface area (Å²) in [6.45, 7) is 2.13. The molecule has 1 rings (SSSR count). The van der Waals surface area contributed by atoms with Crippen LogP contribution in [-0.4, -0.2) is 19.7 Å². The zero-order chi connectivity index (χ0) is 12.8. The number of alkyl halides is 1. The van der Waals surface area contributed by atoms with Gasteiger partial charge in [-0.3, -0.25) is 4.79 Å². The minimum atomic E-state index is -0.306. The van der Waals surface area contributed by atoms with Crippen LogP contribution in [0.25, 0.3) is 0 Å². The molecule has 0 saturated carbocycles. The Kier molecular flexibility index (Phi) is 5.78. The molecule has 0 atom stereocenters. The van der Waals surface area contributed by atoms with E-state index >= 15 is 0 Å². The Morgan fingerprint density at radius 1 is 1.47 bits per heavy atom. The number of carbonyl (C=O) groups excluding carboxylic acids is 1. The molecule has 0 saturated heterocycles. The maximum Gasteiger partial charge on any atom is 0.310 e. The topological polar surface area (TPSA) is 35.5 Å². The van der Waals surface area contributed by atoms with E-state index in [1.807, 2.05) is 12.1 Å². The molecular formula is C12H14BrClO3. The van der Waals surface area contributed by atoms with E-state index < -0.39 is 0 Å². The fourth-order valence-electron chi connectivity index (χ4n) is 1.45. The molecule has 5 heteroatoms. The third-order valence-electron chi connectivity index (χ3n) is 2.21. The summed E-state index contributed by atoms with van der Waals surface area (Å²) < 4.78 is 10.1. The summed E-state index contributed by atoms with van der Waals surface area (Å²) in [4.78, 5) is 11.4. The normalized spacial score (nSPS) is 10.1. The Morgan fingerprint density at radius 2 is 2.18 bits per heavy atom. The van der Waals surface area contributed by atoms with Crippen LogP contribution in [0.3, 0.4) is 0 Å². The average Bonchev–Trinajstić information content (AvgIpc) is 2.31. The Hall–Kier alpha value is -0.740. The molecule has 0 spiro atoms. The monoisotopic (exact) mass is 320 g/mol. The van der Waals surface area contributed by atoms with E-state index in [9.17, 15) is 4.79 Å². The van der Waals surface area contributed by atoms with Crippen molar-refractivity contribution in [3.8, 4) is 5.75 Å². The second-order valence-corrected chi connectivity index (χ2v) is 4.34. The summed E-state index contributed by atoms with van der Waals surface area (Å²) in [7, 11) is 1.55. The van der Waals surface area contributed by atoms with Gasteiger partial charge in [0.15, 0.2) is 0 Å². The molecule has 1 aromatic carbocycles. The average molecular weight is 322 g/mol. The van der Waals surface area contributed by atoms with Crippen molar-refractivity contribution in [2.45, 2.75) is 18.7 Å². The van der Waals surface area contributed by atoms with Crippen molar-refractivity contribution in [3.05, 3.63) is 28.3 Å². The molecule has 0 fully saturated rings. The predicted molar refractivity (Wildman–Crippen MR) is 71.0 cm³/mol. The van der Waals surface area contributed by atoms with E-state index in [-0.39, 0.29) is 12.4 Å². The Bertz CT molecular complexity index is 407. The molecule has 0 heterocycles. The first-order chi connectivity index (χ1) is 8.12. The van der Waals surface area contributed by atoms with E-state index in [1.54, 1.807) is 14.0 Å². The lowest BCUT2D eigenvalue weighted by Gasteiger charge is -2.11. The SMILES string of the molecule is CCOC(=O)Cc1c(Cl)cc(CBr)cc1OC. The highest BCUT2D eigenvalue weighted by molar-refractivity contribution is 9.08. The third-order valence-corrected chi connectivity index (χ3v) is 3.20. The van der Waals surface area contributed by atoms with Crippen molar-refractivity contribution >= 4 is 33.5 Å². The molecule has 94 valence electrons. The van der Waals surface area contributed by atoms with E-state index in [0.717, 1.165) is 5.56 Å². The van der Waals surface area contributed by atoms with Gasteiger partial charge in [-0.15, -0.1) is 0 Å². The van der Waals surface area contributed by atoms with Crippen molar-refractivity contribution in [1.82, 2.24) is 0 Å². The highest BCUT2D eigenvalue weighted by Crippen LogP contribution is 2.30. The van der Waals surface area contributed by atoms with Gasteiger partial charge in [0.25, 0.3) is 0 Å². The van der Waals surface area contributed by atoms with Crippen LogP contribution in [0.4, 0.5) is 0 Å². The molecule has 3 nitrogen and oxygen atoms in total. The first-order valence-electron chi connectivity index (χ1n) is 5.19. The first-order valence-corrected chi connectivity index (χ1v) is 6.69. The van der Waals surface area contributed by atoms with Crippen LogP contribution in [0, 0.1) is 0 Å². The lowest BCUT2D eigenvalue weighted by atomic mass is 10.1. The number of benzene rings is 1. The molecule has 0 aliphatic carbocycles. The largest absolute Gasteiger partial charge is 0.496 e. The van der Waals surface area contributed by atoms with Gasteiger partial charge in [-0.1, -0.05) is 27.5 Å². The second-order valence-electron chi connectivity index (χ2n) is 3.37. The quantitative estimate of drug-likeness (QED) is 0.616. The van der Waals surface area contributed by atoms with Gasteiger partial charge in [-0.25, -0.2) is 0 Å². The van der Waals surface area contributed by atoms with Gasteiger partial charge in [-0.05, 0) is 24.6 Å². The minimum Gasteiger partial charge on any atom is -0.496 e. The highest BCUT2D eigenvalue weighted by Gasteiger charge is 2.14. The number of esters is 1. The fourth-order valence-corrected chi connectivity index (χ4v) is 2.08. The summed E-state index contributed by atoms with van der Waals surface area (Å²) in [5, 5.41) is 1.20. The minimum absolute atomic E-state index is 0.123. The number of rotatable bonds is 5. The van der Waals surface area contributed by atoms with E-state index in [4.69, 9.17) is 21.1 Å². The molecule has 17 heavy (non-hydrogen) atoms. The number of halogens is 2. The molecule has 0 bridgehead atoms. The molecular weight excluding hydrogens is 307 g/mol. The summed E-state index contributed by atoms with van der Waals surface area (Å²) in [6, 6.07) is 3.67. The standard InChI is InChI=1S/C12H14BrClO3/c1-3-17-12(15)6-9-10(14)4-8(7-13)5-11(9)16-2/h4-5H,3,6-7H2,1-2H3. The van der Waals surface area contributed by atoms with Crippen LogP contribution < -0.4 is 4.74 Å². The number of hydrogen-bond donors (Lipinski definition) is 0. The summed E-state index contributed by atoms with van der Waals surface area (Å²) in [5.74, 6) is 0.305. The van der Waals surface area contributed by atoms with Crippen molar-refractivity contribution < 1.29 is 14.3 Å². The van der Waals surface area contributed by atoms with Crippen LogP contribution in [0.5, 0.6) is 5.75 Å². The maximum atomic E-state index is 11.4. The van der Waals surface area contributed by atoms with Crippen molar-refractivity contribution in [2.75, 3.05) is 13.7 Å². The van der Waals surface area contributed by atoms with Crippen molar-refractivity contribution in [3.63, 3.8) is 0 Å². The van der Waals surface area contributed by atoms with Crippen LogP contribution >= 0.6 is 27.5 Å². The molecule has 0 aromatic heterocycles. The molecule has 0 radical (unpaired) electrons.